The Labute approximate surface area is 165 Å². The Morgan fingerprint density at radius 2 is 1.93 bits per heavy atom. The minimum Gasteiger partial charge on any atom is -0.365 e. The molecule has 1 aromatic heterocycles. The number of aryl methyl sites for hydroxylation is 1. The van der Waals surface area contributed by atoms with Crippen LogP contribution in [0.2, 0.25) is 0 Å². The van der Waals surface area contributed by atoms with E-state index in [-0.39, 0.29) is 11.4 Å². The molecule has 3 heterocycles. The van der Waals surface area contributed by atoms with E-state index in [0.29, 0.717) is 6.61 Å². The number of hydrogen-bond acceptors (Lipinski definition) is 2. The largest absolute Gasteiger partial charge is 0.365 e. The molecule has 3 nitrogen and oxygen atoms in total. The van der Waals surface area contributed by atoms with Gasteiger partial charge in [-0.2, -0.15) is 0 Å². The minimum atomic E-state index is -0.252. The lowest BCUT2D eigenvalue weighted by molar-refractivity contribution is -0.0789. The first kappa shape index (κ1) is 17.9. The molecule has 2 aliphatic rings. The molecule has 0 amide bonds. The van der Waals surface area contributed by atoms with E-state index in [4.69, 9.17) is 4.74 Å². The third-order valence-electron chi connectivity index (χ3n) is 6.58. The lowest BCUT2D eigenvalue weighted by atomic mass is 9.83. The fourth-order valence-electron chi connectivity index (χ4n) is 4.93. The first-order chi connectivity index (χ1) is 13.7. The number of para-hydroxylation sites is 1. The summed E-state index contributed by atoms with van der Waals surface area (Å²) in [6.07, 6.45) is 7.62. The minimum absolute atomic E-state index is 0.150. The number of aromatic amines is 1. The van der Waals surface area contributed by atoms with Crippen molar-refractivity contribution in [3.63, 3.8) is 0 Å². The molecule has 1 saturated heterocycles. The predicted octanol–water partition coefficient (Wildman–Crippen LogP) is 5.15. The van der Waals surface area contributed by atoms with Crippen molar-refractivity contribution in [3.05, 3.63) is 71.2 Å². The van der Waals surface area contributed by atoms with E-state index in [1.54, 1.807) is 12.1 Å². The van der Waals surface area contributed by atoms with Crippen LogP contribution in [0.3, 0.4) is 0 Å². The summed E-state index contributed by atoms with van der Waals surface area (Å²) in [6.45, 7) is 3.82. The number of unbranched alkanes of at least 4 members (excludes halogenated alkanes) is 1. The SMILES string of the molecule is Fc1ccc2c(c1)C1(CCN(CCCCc3c[nH]c4ccccc34)CC1)OC2. The molecule has 146 valence electrons. The third-order valence-corrected chi connectivity index (χ3v) is 6.58. The molecular formula is C24H27FN2O. The highest BCUT2D eigenvalue weighted by atomic mass is 19.1. The summed E-state index contributed by atoms with van der Waals surface area (Å²) in [5.41, 5.74) is 4.65. The molecule has 1 N–H and O–H groups in total. The second-order valence-electron chi connectivity index (χ2n) is 8.24. The van der Waals surface area contributed by atoms with Crippen LogP contribution in [0.4, 0.5) is 4.39 Å². The van der Waals surface area contributed by atoms with Gasteiger partial charge in [0.1, 0.15) is 5.82 Å². The molecule has 3 aromatic rings. The topological polar surface area (TPSA) is 28.3 Å². The molecule has 0 aliphatic carbocycles. The number of ether oxygens (including phenoxy) is 1. The summed E-state index contributed by atoms with van der Waals surface area (Å²) in [6, 6.07) is 13.6. The number of nitrogens with one attached hydrogen (secondary N) is 1. The van der Waals surface area contributed by atoms with Crippen molar-refractivity contribution in [2.75, 3.05) is 19.6 Å². The number of nitrogens with zero attached hydrogens (tertiary/aromatic N) is 1. The van der Waals surface area contributed by atoms with Crippen molar-refractivity contribution >= 4 is 10.9 Å². The Morgan fingerprint density at radius 3 is 2.82 bits per heavy atom. The van der Waals surface area contributed by atoms with Crippen LogP contribution in [-0.4, -0.2) is 29.5 Å². The number of fused-ring (bicyclic) bond motifs is 3. The number of piperidine rings is 1. The number of rotatable bonds is 5. The van der Waals surface area contributed by atoms with Crippen LogP contribution in [0, 0.1) is 5.82 Å². The molecule has 5 rings (SSSR count). The highest BCUT2D eigenvalue weighted by Crippen LogP contribution is 2.44. The van der Waals surface area contributed by atoms with E-state index in [0.717, 1.165) is 50.0 Å². The first-order valence-electron chi connectivity index (χ1n) is 10.4. The summed E-state index contributed by atoms with van der Waals surface area (Å²) in [7, 11) is 0. The number of H-pyrrole nitrogens is 1. The highest BCUT2D eigenvalue weighted by molar-refractivity contribution is 5.82. The maximum Gasteiger partial charge on any atom is 0.123 e. The molecule has 2 aliphatic heterocycles. The van der Waals surface area contributed by atoms with Crippen molar-refractivity contribution in [2.24, 2.45) is 0 Å². The van der Waals surface area contributed by atoms with Gasteiger partial charge in [0.25, 0.3) is 0 Å². The normalized spacial score (nSPS) is 18.8. The van der Waals surface area contributed by atoms with Crippen LogP contribution in [0.25, 0.3) is 10.9 Å². The fourth-order valence-corrected chi connectivity index (χ4v) is 4.93. The van der Waals surface area contributed by atoms with Gasteiger partial charge in [-0.05, 0) is 73.5 Å². The van der Waals surface area contributed by atoms with Crippen LogP contribution >= 0.6 is 0 Å². The average Bonchev–Trinajstić information content (AvgIpc) is 3.29. The second kappa shape index (κ2) is 7.34. The summed E-state index contributed by atoms with van der Waals surface area (Å²) in [5.74, 6) is -0.150. The Morgan fingerprint density at radius 1 is 1.07 bits per heavy atom. The molecule has 1 spiro atoms. The van der Waals surface area contributed by atoms with E-state index >= 15 is 0 Å². The summed E-state index contributed by atoms with van der Waals surface area (Å²) in [5, 5.41) is 1.35. The van der Waals surface area contributed by atoms with Gasteiger partial charge in [0.2, 0.25) is 0 Å². The maximum atomic E-state index is 13.7. The average molecular weight is 378 g/mol. The lowest BCUT2D eigenvalue weighted by Crippen LogP contribution is -2.42. The molecule has 4 heteroatoms. The van der Waals surface area contributed by atoms with Crippen molar-refractivity contribution in [1.29, 1.82) is 0 Å². The molecule has 0 atom stereocenters. The Balaban J connectivity index is 1.12. The summed E-state index contributed by atoms with van der Waals surface area (Å²) >= 11 is 0. The third kappa shape index (κ3) is 3.25. The second-order valence-corrected chi connectivity index (χ2v) is 8.24. The number of hydrogen-bond donors (Lipinski definition) is 1. The first-order valence-corrected chi connectivity index (χ1v) is 10.4. The van der Waals surface area contributed by atoms with Crippen molar-refractivity contribution < 1.29 is 9.13 Å². The number of halogens is 1. The smallest absolute Gasteiger partial charge is 0.123 e. The zero-order valence-corrected chi connectivity index (χ0v) is 16.2. The molecule has 0 radical (unpaired) electrons. The van der Waals surface area contributed by atoms with Gasteiger partial charge in [-0.15, -0.1) is 0 Å². The number of benzene rings is 2. The van der Waals surface area contributed by atoms with Crippen LogP contribution in [0.15, 0.2) is 48.7 Å². The predicted molar refractivity (Wildman–Crippen MR) is 110 cm³/mol. The Kier molecular flexibility index (Phi) is 4.69. The van der Waals surface area contributed by atoms with E-state index in [1.807, 2.05) is 6.07 Å². The van der Waals surface area contributed by atoms with E-state index in [2.05, 4.69) is 40.3 Å². The summed E-state index contributed by atoms with van der Waals surface area (Å²) < 4.78 is 19.9. The quantitative estimate of drug-likeness (QED) is 0.622. The van der Waals surface area contributed by atoms with Gasteiger partial charge in [0.15, 0.2) is 0 Å². The molecule has 0 bridgehead atoms. The molecular weight excluding hydrogens is 351 g/mol. The van der Waals surface area contributed by atoms with Crippen LogP contribution in [0.1, 0.15) is 42.4 Å². The van der Waals surface area contributed by atoms with E-state index < -0.39 is 0 Å². The zero-order chi connectivity index (χ0) is 19.0. The standard InChI is InChI=1S/C24H27FN2O/c25-20-9-8-19-17-28-24(22(19)15-20)10-13-27(14-11-24)12-4-3-5-18-16-26-23-7-2-1-6-21(18)23/h1-2,6-9,15-16,26H,3-5,10-14,17H2. The van der Waals surface area contributed by atoms with E-state index in [1.165, 1.54) is 29.3 Å². The monoisotopic (exact) mass is 378 g/mol. The Bertz CT molecular complexity index is 972. The molecule has 0 saturated carbocycles. The van der Waals surface area contributed by atoms with E-state index in [9.17, 15) is 4.39 Å². The fraction of sp³-hybridized carbons (Fsp3) is 0.417. The van der Waals surface area contributed by atoms with Crippen molar-refractivity contribution in [3.8, 4) is 0 Å². The molecule has 1 fully saturated rings. The van der Waals surface area contributed by atoms with Gasteiger partial charge in [-0.3, -0.25) is 0 Å². The van der Waals surface area contributed by atoms with Gasteiger partial charge in [0.05, 0.1) is 12.2 Å². The number of aromatic nitrogens is 1. The van der Waals surface area contributed by atoms with Gasteiger partial charge in [-0.25, -0.2) is 4.39 Å². The number of likely N-dealkylation sites (tertiary alicyclic amines) is 1. The van der Waals surface area contributed by atoms with Crippen molar-refractivity contribution in [1.82, 2.24) is 9.88 Å². The van der Waals surface area contributed by atoms with Crippen LogP contribution in [-0.2, 0) is 23.4 Å². The zero-order valence-electron chi connectivity index (χ0n) is 16.2. The van der Waals surface area contributed by atoms with Crippen LogP contribution in [0.5, 0.6) is 0 Å². The van der Waals surface area contributed by atoms with Gasteiger partial charge >= 0.3 is 0 Å². The summed E-state index contributed by atoms with van der Waals surface area (Å²) in [4.78, 5) is 5.91. The maximum absolute atomic E-state index is 13.7. The van der Waals surface area contributed by atoms with Crippen molar-refractivity contribution in [2.45, 2.75) is 44.3 Å². The van der Waals surface area contributed by atoms with Gasteiger partial charge in [0, 0.05) is 30.2 Å². The van der Waals surface area contributed by atoms with Gasteiger partial charge in [-0.1, -0.05) is 24.3 Å². The molecule has 0 unspecified atom stereocenters. The van der Waals surface area contributed by atoms with Crippen LogP contribution < -0.4 is 0 Å². The van der Waals surface area contributed by atoms with Gasteiger partial charge < -0.3 is 14.6 Å². The molecule has 28 heavy (non-hydrogen) atoms. The molecule has 2 aromatic carbocycles. The Hall–Kier alpha value is -2.17. The highest BCUT2D eigenvalue weighted by Gasteiger charge is 2.42. The lowest BCUT2D eigenvalue weighted by Gasteiger charge is -2.39.